The number of aromatic nitrogens is 2. The van der Waals surface area contributed by atoms with Crippen LogP contribution in [0.2, 0.25) is 0 Å². The highest BCUT2D eigenvalue weighted by molar-refractivity contribution is 5.91. The van der Waals surface area contributed by atoms with Crippen molar-refractivity contribution in [2.45, 2.75) is 31.4 Å². The van der Waals surface area contributed by atoms with Crippen molar-refractivity contribution in [3.8, 4) is 0 Å². The second kappa shape index (κ2) is 6.45. The summed E-state index contributed by atoms with van der Waals surface area (Å²) in [7, 11) is 0. The molecular weight excluding hydrogens is 306 g/mol. The maximum atomic E-state index is 13.7. The van der Waals surface area contributed by atoms with Crippen molar-refractivity contribution >= 4 is 5.91 Å². The lowest BCUT2D eigenvalue weighted by Gasteiger charge is -2.45. The molecule has 2 fully saturated rings. The van der Waals surface area contributed by atoms with Gasteiger partial charge in [-0.2, -0.15) is 0 Å². The first-order chi connectivity index (χ1) is 11.0. The summed E-state index contributed by atoms with van der Waals surface area (Å²) in [5, 5.41) is 0. The molecule has 3 heterocycles. The number of nitrogens with zero attached hydrogens (tertiary/aromatic N) is 4. The minimum absolute atomic E-state index is 0.0542. The van der Waals surface area contributed by atoms with Gasteiger partial charge < -0.3 is 9.64 Å². The third kappa shape index (κ3) is 3.48. The molecule has 0 saturated carbocycles. The molecule has 126 valence electrons. The molecule has 1 amide bonds. The van der Waals surface area contributed by atoms with E-state index in [0.29, 0.717) is 26.3 Å². The number of likely N-dealkylation sites (tertiary alicyclic amines) is 2. The summed E-state index contributed by atoms with van der Waals surface area (Å²) < 4.78 is 32.8. The van der Waals surface area contributed by atoms with Gasteiger partial charge in [0.25, 0.3) is 11.8 Å². The first-order valence-electron chi connectivity index (χ1n) is 7.78. The second-order valence-corrected chi connectivity index (χ2v) is 5.98. The fraction of sp³-hybridized carbons (Fsp3) is 0.667. The number of rotatable bonds is 5. The topological polar surface area (TPSA) is 58.6 Å². The quantitative estimate of drug-likeness (QED) is 0.809. The predicted octanol–water partition coefficient (Wildman–Crippen LogP) is 1.05. The summed E-state index contributed by atoms with van der Waals surface area (Å²) in [5.74, 6) is -2.80. The zero-order valence-corrected chi connectivity index (χ0v) is 13.0. The van der Waals surface area contributed by atoms with E-state index in [0.717, 1.165) is 0 Å². The highest BCUT2D eigenvalue weighted by Crippen LogP contribution is 2.35. The van der Waals surface area contributed by atoms with Crippen molar-refractivity contribution in [1.29, 1.82) is 0 Å². The highest BCUT2D eigenvalue weighted by Gasteiger charge is 2.50. The monoisotopic (exact) mass is 326 g/mol. The minimum atomic E-state index is -2.69. The molecule has 0 radical (unpaired) electrons. The zero-order valence-electron chi connectivity index (χ0n) is 13.0. The molecular formula is C15H20F2N4O2. The van der Waals surface area contributed by atoms with Crippen LogP contribution in [-0.2, 0) is 4.74 Å². The van der Waals surface area contributed by atoms with Crippen LogP contribution in [0.25, 0.3) is 0 Å². The van der Waals surface area contributed by atoms with E-state index in [2.05, 4.69) is 9.97 Å². The molecule has 2 aliphatic rings. The van der Waals surface area contributed by atoms with Gasteiger partial charge in [-0.3, -0.25) is 9.69 Å². The summed E-state index contributed by atoms with van der Waals surface area (Å²) in [6.07, 6.45) is 2.84. The maximum Gasteiger partial charge on any atom is 0.291 e. The molecule has 0 bridgehead atoms. The third-order valence-corrected chi connectivity index (χ3v) is 4.31. The second-order valence-electron chi connectivity index (χ2n) is 5.98. The van der Waals surface area contributed by atoms with Crippen molar-refractivity contribution in [2.75, 3.05) is 32.8 Å². The Labute approximate surface area is 133 Å². The number of alkyl halides is 2. The average molecular weight is 326 g/mol. The van der Waals surface area contributed by atoms with E-state index in [1.54, 1.807) is 15.9 Å². The van der Waals surface area contributed by atoms with Crippen LogP contribution >= 0.6 is 0 Å². The van der Waals surface area contributed by atoms with Gasteiger partial charge in [-0.1, -0.05) is 0 Å². The number of carbonyl (C=O) groups is 1. The van der Waals surface area contributed by atoms with E-state index < -0.39 is 5.92 Å². The molecule has 2 aliphatic heterocycles. The zero-order chi connectivity index (χ0) is 16.4. The van der Waals surface area contributed by atoms with Crippen molar-refractivity contribution in [3.63, 3.8) is 0 Å². The van der Waals surface area contributed by atoms with Crippen LogP contribution in [0, 0.1) is 0 Å². The molecule has 1 atom stereocenters. The molecule has 1 aromatic heterocycles. The number of hydrogen-bond acceptors (Lipinski definition) is 5. The molecule has 2 saturated heterocycles. The van der Waals surface area contributed by atoms with Crippen LogP contribution < -0.4 is 0 Å². The Bertz CT molecular complexity index is 552. The first kappa shape index (κ1) is 16.2. The van der Waals surface area contributed by atoms with Crippen LogP contribution in [0.5, 0.6) is 0 Å². The van der Waals surface area contributed by atoms with Gasteiger partial charge in [0.05, 0.1) is 13.2 Å². The van der Waals surface area contributed by atoms with Gasteiger partial charge in [-0.15, -0.1) is 0 Å². The van der Waals surface area contributed by atoms with Crippen LogP contribution in [0.3, 0.4) is 0 Å². The van der Waals surface area contributed by atoms with E-state index in [-0.39, 0.29) is 36.8 Å². The van der Waals surface area contributed by atoms with E-state index >= 15 is 0 Å². The number of carbonyl (C=O) groups excluding carboxylic acids is 1. The lowest BCUT2D eigenvalue weighted by Crippen LogP contribution is -2.62. The average Bonchev–Trinajstić information content (AvgIpc) is 2.79. The van der Waals surface area contributed by atoms with Crippen molar-refractivity contribution in [2.24, 2.45) is 0 Å². The Morgan fingerprint density at radius 3 is 2.74 bits per heavy atom. The molecule has 1 aromatic rings. The predicted molar refractivity (Wildman–Crippen MR) is 78.3 cm³/mol. The molecule has 23 heavy (non-hydrogen) atoms. The fourth-order valence-corrected chi connectivity index (χ4v) is 3.14. The molecule has 0 spiro atoms. The number of hydrogen-bond donors (Lipinski definition) is 0. The largest absolute Gasteiger partial charge is 0.380 e. The molecule has 8 heteroatoms. The van der Waals surface area contributed by atoms with E-state index in [1.165, 1.54) is 12.4 Å². The molecule has 0 aromatic carbocycles. The van der Waals surface area contributed by atoms with Gasteiger partial charge in [0.2, 0.25) is 5.82 Å². The van der Waals surface area contributed by atoms with Crippen LogP contribution in [0.15, 0.2) is 18.5 Å². The molecule has 0 aliphatic carbocycles. The van der Waals surface area contributed by atoms with Gasteiger partial charge in [0.1, 0.15) is 0 Å². The van der Waals surface area contributed by atoms with Gasteiger partial charge in [0, 0.05) is 50.6 Å². The minimum Gasteiger partial charge on any atom is -0.380 e. The standard InChI is InChI=1S/C15H20F2N4O2/c1-2-23-9-11-6-15(16,17)10-21(11)12-7-20(8-12)14(22)13-18-4-3-5-19-13/h3-5,11-12H,2,6-10H2,1H3/t11-/m0/s1. The van der Waals surface area contributed by atoms with Crippen molar-refractivity contribution in [3.05, 3.63) is 24.3 Å². The smallest absolute Gasteiger partial charge is 0.291 e. The Kier molecular flexibility index (Phi) is 4.54. The van der Waals surface area contributed by atoms with Gasteiger partial charge >= 0.3 is 0 Å². The Balaban J connectivity index is 1.58. The van der Waals surface area contributed by atoms with Gasteiger partial charge in [-0.25, -0.2) is 18.7 Å². The molecule has 0 unspecified atom stereocenters. The van der Waals surface area contributed by atoms with E-state index in [4.69, 9.17) is 4.74 Å². The Morgan fingerprint density at radius 2 is 2.09 bits per heavy atom. The summed E-state index contributed by atoms with van der Waals surface area (Å²) >= 11 is 0. The van der Waals surface area contributed by atoms with Crippen LogP contribution in [0.1, 0.15) is 24.0 Å². The maximum absolute atomic E-state index is 13.7. The third-order valence-electron chi connectivity index (χ3n) is 4.31. The lowest BCUT2D eigenvalue weighted by atomic mass is 10.1. The van der Waals surface area contributed by atoms with E-state index in [9.17, 15) is 13.6 Å². The fourth-order valence-electron chi connectivity index (χ4n) is 3.14. The molecule has 6 nitrogen and oxygen atoms in total. The van der Waals surface area contributed by atoms with Crippen LogP contribution in [-0.4, -0.2) is 76.5 Å². The first-order valence-corrected chi connectivity index (χ1v) is 7.78. The Hall–Kier alpha value is -1.67. The lowest BCUT2D eigenvalue weighted by molar-refractivity contribution is -0.0151. The number of ether oxygens (including phenoxy) is 1. The van der Waals surface area contributed by atoms with Crippen molar-refractivity contribution < 1.29 is 18.3 Å². The highest BCUT2D eigenvalue weighted by atomic mass is 19.3. The molecule has 0 N–H and O–H groups in total. The summed E-state index contributed by atoms with van der Waals surface area (Å²) in [4.78, 5) is 23.4. The summed E-state index contributed by atoms with van der Waals surface area (Å²) in [5.41, 5.74) is 0. The SMILES string of the molecule is CCOC[C@@H]1CC(F)(F)CN1C1CN(C(=O)c2ncccn2)C1. The molecule has 3 rings (SSSR count). The van der Waals surface area contributed by atoms with Gasteiger partial charge in [0.15, 0.2) is 0 Å². The number of halogens is 2. The van der Waals surface area contributed by atoms with Gasteiger partial charge in [-0.05, 0) is 13.0 Å². The summed E-state index contributed by atoms with van der Waals surface area (Å²) in [6, 6.07) is 1.29. The van der Waals surface area contributed by atoms with Crippen molar-refractivity contribution in [1.82, 2.24) is 19.8 Å². The normalized spacial score (nSPS) is 24.7. The van der Waals surface area contributed by atoms with E-state index in [1.807, 2.05) is 6.92 Å². The number of amides is 1. The summed E-state index contributed by atoms with van der Waals surface area (Å²) in [6.45, 7) is 3.25. The Morgan fingerprint density at radius 1 is 1.39 bits per heavy atom. The van der Waals surface area contributed by atoms with Crippen LogP contribution in [0.4, 0.5) is 8.78 Å².